The summed E-state index contributed by atoms with van der Waals surface area (Å²) >= 11 is 0. The number of urea groups is 1. The van der Waals surface area contributed by atoms with E-state index in [4.69, 9.17) is 0 Å². The van der Waals surface area contributed by atoms with Crippen LogP contribution in [-0.4, -0.2) is 52.1 Å². The molecule has 225 valence electrons. The molecule has 0 spiro atoms. The summed E-state index contributed by atoms with van der Waals surface area (Å²) < 4.78 is 39.6. The fourth-order valence-electron chi connectivity index (χ4n) is 4.79. The Morgan fingerprint density at radius 2 is 1.68 bits per heavy atom. The third-order valence-electron chi connectivity index (χ3n) is 6.97. The van der Waals surface area contributed by atoms with Crippen molar-refractivity contribution in [2.45, 2.75) is 31.9 Å². The molecule has 0 saturated carbocycles. The van der Waals surface area contributed by atoms with Crippen molar-refractivity contribution in [3.8, 4) is 11.8 Å². The number of hydrogen-bond donors (Lipinski definition) is 2. The first kappa shape index (κ1) is 30.5. The summed E-state index contributed by atoms with van der Waals surface area (Å²) in [6, 6.07) is 17.4. The number of anilines is 4. The highest BCUT2D eigenvalue weighted by Crippen LogP contribution is 2.31. The van der Waals surface area contributed by atoms with Gasteiger partial charge in [0.05, 0.1) is 22.5 Å². The maximum Gasteiger partial charge on any atom is 0.416 e. The van der Waals surface area contributed by atoms with Gasteiger partial charge in [-0.2, -0.15) is 13.2 Å². The van der Waals surface area contributed by atoms with Crippen LogP contribution in [0, 0.1) is 17.9 Å². The number of amides is 2. The van der Waals surface area contributed by atoms with Gasteiger partial charge in [-0.1, -0.05) is 36.5 Å². The van der Waals surface area contributed by atoms with Gasteiger partial charge in [0.1, 0.15) is 5.82 Å². The predicted octanol–water partition coefficient (Wildman–Crippen LogP) is 6.75. The summed E-state index contributed by atoms with van der Waals surface area (Å²) in [6.45, 7) is 4.22. The molecule has 1 fully saturated rings. The highest BCUT2D eigenvalue weighted by atomic mass is 19.4. The van der Waals surface area contributed by atoms with Crippen LogP contribution in [0.5, 0.6) is 0 Å². The van der Waals surface area contributed by atoms with Crippen molar-refractivity contribution in [3.05, 3.63) is 102 Å². The molecular weight excluding hydrogens is 567 g/mol. The number of alkyl halides is 3. The van der Waals surface area contributed by atoms with Gasteiger partial charge < -0.3 is 10.2 Å². The molecule has 1 radical (unpaired) electrons. The smallest absolute Gasteiger partial charge is 0.354 e. The van der Waals surface area contributed by atoms with Crippen LogP contribution in [0.2, 0.25) is 0 Å². The number of carbonyl (C=O) groups excluding carboxylic acids is 1. The number of aromatic nitrogens is 3. The Balaban J connectivity index is 1.26. The lowest BCUT2D eigenvalue weighted by atomic mass is 10.1. The number of rotatable bonds is 8. The third-order valence-corrected chi connectivity index (χ3v) is 6.97. The summed E-state index contributed by atoms with van der Waals surface area (Å²) in [5.41, 5.74) is 1.25. The zero-order valence-electron chi connectivity index (χ0n) is 23.9. The van der Waals surface area contributed by atoms with Crippen LogP contribution in [0.15, 0.2) is 79.3 Å². The number of benzene rings is 2. The van der Waals surface area contributed by atoms with Crippen molar-refractivity contribution in [2.24, 2.45) is 0 Å². The normalized spacial score (nSPS) is 13.4. The summed E-state index contributed by atoms with van der Waals surface area (Å²) in [7, 11) is 0. The Morgan fingerprint density at radius 3 is 2.43 bits per heavy atom. The lowest BCUT2D eigenvalue weighted by Gasteiger charge is -2.26. The highest BCUT2D eigenvalue weighted by molar-refractivity contribution is 6.06. The molecule has 5 rings (SSSR count). The van der Waals surface area contributed by atoms with E-state index in [-0.39, 0.29) is 5.82 Å². The first-order valence-electron chi connectivity index (χ1n) is 14.4. The van der Waals surface area contributed by atoms with Crippen LogP contribution in [-0.2, 0) is 6.18 Å². The second kappa shape index (κ2) is 14.5. The SMILES string of the molecule is O=C(Nc1cc(C(F)(F)F)ccn1)N(c1cc[c]cc1)c1cccc(C#Cc2cnc(NCCCN3CCCCC3)nc2)c1. The maximum atomic E-state index is 13.4. The second-order valence-electron chi connectivity index (χ2n) is 10.2. The van der Waals surface area contributed by atoms with Crippen molar-refractivity contribution in [1.29, 1.82) is 0 Å². The van der Waals surface area contributed by atoms with E-state index < -0.39 is 17.8 Å². The molecule has 1 aliphatic heterocycles. The summed E-state index contributed by atoms with van der Waals surface area (Å²) in [6.07, 6.45) is 4.65. The maximum absolute atomic E-state index is 13.4. The number of hydrogen-bond acceptors (Lipinski definition) is 6. The minimum absolute atomic E-state index is 0.229. The van der Waals surface area contributed by atoms with Crippen molar-refractivity contribution < 1.29 is 18.0 Å². The van der Waals surface area contributed by atoms with Crippen LogP contribution in [0.3, 0.4) is 0 Å². The standard InChI is InChI=1S/C33H31F3N7O/c34-33(35,36)27-15-17-37-30(22-27)41-32(44)43(28-10-3-1-4-11-28)29-12-7-9-25(21-29)13-14-26-23-39-31(40-24-26)38-16-8-20-42-18-5-2-6-19-42/h3-4,7,9-12,15,17,21-24H,2,5-6,8,16,18-20H2,(H,37,41,44)(H,38,39,40). The van der Waals surface area contributed by atoms with Gasteiger partial charge >= 0.3 is 12.2 Å². The number of pyridine rings is 1. The lowest BCUT2D eigenvalue weighted by Crippen LogP contribution is -2.31. The predicted molar refractivity (Wildman–Crippen MR) is 164 cm³/mol. The molecular formula is C33H31F3N7O. The molecule has 8 nitrogen and oxygen atoms in total. The van der Waals surface area contributed by atoms with Crippen LogP contribution in [0.25, 0.3) is 0 Å². The van der Waals surface area contributed by atoms with Gasteiger partial charge in [-0.15, -0.1) is 0 Å². The van der Waals surface area contributed by atoms with E-state index in [2.05, 4.69) is 48.4 Å². The van der Waals surface area contributed by atoms with Crippen molar-refractivity contribution >= 4 is 29.2 Å². The topological polar surface area (TPSA) is 86.3 Å². The average molecular weight is 599 g/mol. The minimum Gasteiger partial charge on any atom is -0.354 e. The molecule has 0 aliphatic carbocycles. The monoisotopic (exact) mass is 598 g/mol. The first-order chi connectivity index (χ1) is 21.3. The second-order valence-corrected chi connectivity index (χ2v) is 10.2. The van der Waals surface area contributed by atoms with Crippen molar-refractivity contribution in [1.82, 2.24) is 19.9 Å². The number of carbonyl (C=O) groups is 1. The van der Waals surface area contributed by atoms with E-state index in [1.165, 1.54) is 37.3 Å². The Bertz CT molecular complexity index is 1600. The highest BCUT2D eigenvalue weighted by Gasteiger charge is 2.31. The fourth-order valence-corrected chi connectivity index (χ4v) is 4.79. The van der Waals surface area contributed by atoms with E-state index in [1.54, 1.807) is 60.9 Å². The quantitative estimate of drug-likeness (QED) is 0.172. The number of halogens is 3. The largest absolute Gasteiger partial charge is 0.416 e. The third kappa shape index (κ3) is 8.55. The van der Waals surface area contributed by atoms with Gasteiger partial charge in [-0.25, -0.2) is 19.7 Å². The number of nitrogens with zero attached hydrogens (tertiary/aromatic N) is 5. The summed E-state index contributed by atoms with van der Waals surface area (Å²) in [5, 5.41) is 5.73. The Hall–Kier alpha value is -4.95. The van der Waals surface area contributed by atoms with Crippen LogP contribution in [0.4, 0.5) is 41.1 Å². The molecule has 2 aromatic carbocycles. The molecule has 2 amide bonds. The van der Waals surface area contributed by atoms with Gasteiger partial charge in [0, 0.05) is 30.7 Å². The Labute approximate surface area is 254 Å². The van der Waals surface area contributed by atoms with E-state index in [1.807, 2.05) is 0 Å². The van der Waals surface area contributed by atoms with Crippen LogP contribution in [0.1, 0.15) is 42.4 Å². The molecule has 1 saturated heterocycles. The van der Waals surface area contributed by atoms with Gasteiger partial charge in [-0.05, 0) is 87.4 Å². The Kier molecular flexibility index (Phi) is 10.0. The summed E-state index contributed by atoms with van der Waals surface area (Å²) in [5.74, 6) is 6.44. The van der Waals surface area contributed by atoms with Gasteiger partial charge in [0.25, 0.3) is 0 Å². The molecule has 11 heteroatoms. The lowest BCUT2D eigenvalue weighted by molar-refractivity contribution is -0.137. The van der Waals surface area contributed by atoms with E-state index in [0.717, 1.165) is 37.8 Å². The summed E-state index contributed by atoms with van der Waals surface area (Å²) in [4.78, 5) is 29.8. The van der Waals surface area contributed by atoms with Crippen molar-refractivity contribution in [2.75, 3.05) is 41.7 Å². The van der Waals surface area contributed by atoms with Crippen LogP contribution >= 0.6 is 0 Å². The van der Waals surface area contributed by atoms with Gasteiger partial charge in [0.2, 0.25) is 5.95 Å². The first-order valence-corrected chi connectivity index (χ1v) is 14.4. The zero-order valence-corrected chi connectivity index (χ0v) is 23.9. The zero-order chi connectivity index (χ0) is 30.8. The molecule has 1 aliphatic rings. The molecule has 3 heterocycles. The van der Waals surface area contributed by atoms with Gasteiger partial charge in [-0.3, -0.25) is 10.2 Å². The molecule has 2 N–H and O–H groups in total. The van der Waals surface area contributed by atoms with Crippen LogP contribution < -0.4 is 15.5 Å². The van der Waals surface area contributed by atoms with E-state index in [0.29, 0.717) is 28.5 Å². The van der Waals surface area contributed by atoms with E-state index in [9.17, 15) is 18.0 Å². The Morgan fingerprint density at radius 1 is 0.932 bits per heavy atom. The molecule has 0 atom stereocenters. The van der Waals surface area contributed by atoms with Crippen molar-refractivity contribution in [3.63, 3.8) is 0 Å². The molecule has 0 unspecified atom stereocenters. The van der Waals surface area contributed by atoms with Gasteiger partial charge in [0.15, 0.2) is 0 Å². The molecule has 44 heavy (non-hydrogen) atoms. The molecule has 2 aromatic heterocycles. The average Bonchev–Trinajstić information content (AvgIpc) is 3.04. The minimum atomic E-state index is -4.57. The number of piperidine rings is 1. The molecule has 0 bridgehead atoms. The number of nitrogens with one attached hydrogen (secondary N) is 2. The number of likely N-dealkylation sites (tertiary alicyclic amines) is 1. The molecule has 4 aromatic rings. The fraction of sp³-hybridized carbons (Fsp3) is 0.273. The van der Waals surface area contributed by atoms with E-state index >= 15 is 0 Å².